The monoisotopic (exact) mass is 976 g/mol. The number of hydrogen-bond donors (Lipinski definition) is 3. The molecule has 0 heterocycles. The normalized spacial score (nSPS) is 15.6. The van der Waals surface area contributed by atoms with Crippen LogP contribution in [0.1, 0.15) is 70.9 Å². The van der Waals surface area contributed by atoms with Crippen LogP contribution in [0.15, 0.2) is 182 Å². The van der Waals surface area contributed by atoms with E-state index in [-0.39, 0.29) is 38.8 Å². The van der Waals surface area contributed by atoms with Gasteiger partial charge in [-0.3, -0.25) is 9.59 Å². The summed E-state index contributed by atoms with van der Waals surface area (Å²) in [5, 5.41) is 33.0. The van der Waals surface area contributed by atoms with Gasteiger partial charge in [-0.05, 0) is 80.9 Å². The highest BCUT2D eigenvalue weighted by atomic mass is 16.5. The lowest BCUT2D eigenvalue weighted by Crippen LogP contribution is -2.61. The first kappa shape index (κ1) is 50.3. The van der Waals surface area contributed by atoms with Gasteiger partial charge < -0.3 is 39.8 Å². The van der Waals surface area contributed by atoms with E-state index in [4.69, 9.17) is 24.7 Å². The van der Waals surface area contributed by atoms with E-state index in [0.29, 0.717) is 58.1 Å². The van der Waals surface area contributed by atoms with Crippen molar-refractivity contribution in [2.45, 2.75) is 61.6 Å². The lowest BCUT2D eigenvalue weighted by atomic mass is 9.70. The molecule has 0 spiro atoms. The van der Waals surface area contributed by atoms with E-state index in [0.717, 1.165) is 32.7 Å². The molecule has 8 aromatic carbocycles. The predicted molar refractivity (Wildman–Crippen MR) is 288 cm³/mol. The fourth-order valence-corrected chi connectivity index (χ4v) is 11.9. The summed E-state index contributed by atoms with van der Waals surface area (Å²) in [5.41, 5.74) is 5.18. The molecule has 1 aliphatic rings. The standard InChI is InChI=1S/C63H64N2O8/c1-70-53-33-13-7-23-45(53)39-62(68,57(51-29-11-15-35-55(51)72-3)49-31-19-25-43-21-5-9-27-47(43)49)41-65(60(67)61(59(64)66)37-17-18-38-61)42-63(69,40-46-24-8-14-34-54(46)71-2)58(52-30-12-16-36-56(52)73-4)50-32-20-26-44-22-6-10-28-48(44)50/h5-16,19-36,57-58,68-69H,17-18,37-42H2,1-4H3,(H2,64,66). The number of primary amides is 1. The molecule has 0 saturated heterocycles. The van der Waals surface area contributed by atoms with Crippen LogP contribution in [0, 0.1) is 5.41 Å². The molecule has 10 nitrogen and oxygen atoms in total. The molecule has 4 unspecified atom stereocenters. The third-order valence-electron chi connectivity index (χ3n) is 15.2. The SMILES string of the molecule is COc1ccccc1CC(O)(CN(CC(O)(Cc1ccccc1OC)C(c1ccccc1OC)c1cccc2ccccc12)C(=O)C1(C(N)=O)CCCC1)C(c1ccccc1OC)c1cccc2ccccc12. The van der Waals surface area contributed by atoms with Gasteiger partial charge in [0.2, 0.25) is 11.8 Å². The number of para-hydroxylation sites is 4. The van der Waals surface area contributed by atoms with Crippen LogP contribution >= 0.6 is 0 Å². The van der Waals surface area contributed by atoms with E-state index in [9.17, 15) is 15.0 Å². The Balaban J connectivity index is 1.36. The van der Waals surface area contributed by atoms with Crippen LogP contribution in [0.4, 0.5) is 0 Å². The first-order chi connectivity index (χ1) is 35.5. The second-order valence-corrected chi connectivity index (χ2v) is 19.5. The second kappa shape index (κ2) is 21.6. The van der Waals surface area contributed by atoms with E-state index in [1.54, 1.807) is 33.3 Å². The third-order valence-corrected chi connectivity index (χ3v) is 15.2. The molecule has 4 atom stereocenters. The number of nitrogens with zero attached hydrogens (tertiary/aromatic N) is 1. The van der Waals surface area contributed by atoms with Crippen molar-refractivity contribution in [1.29, 1.82) is 0 Å². The van der Waals surface area contributed by atoms with Crippen molar-refractivity contribution in [3.8, 4) is 23.0 Å². The van der Waals surface area contributed by atoms with Gasteiger partial charge in [-0.15, -0.1) is 0 Å². The van der Waals surface area contributed by atoms with Gasteiger partial charge >= 0.3 is 0 Å². The zero-order valence-electron chi connectivity index (χ0n) is 42.0. The van der Waals surface area contributed by atoms with E-state index in [2.05, 4.69) is 0 Å². The van der Waals surface area contributed by atoms with Crippen LogP contribution in [-0.4, -0.2) is 79.7 Å². The van der Waals surface area contributed by atoms with Gasteiger partial charge in [0, 0.05) is 35.8 Å². The van der Waals surface area contributed by atoms with Crippen molar-refractivity contribution < 1.29 is 38.7 Å². The molecule has 9 rings (SSSR count). The van der Waals surface area contributed by atoms with Crippen LogP contribution in [0.5, 0.6) is 23.0 Å². The highest BCUT2D eigenvalue weighted by Crippen LogP contribution is 2.50. The summed E-state index contributed by atoms with van der Waals surface area (Å²) in [6, 6.07) is 58.4. The Labute approximate surface area is 427 Å². The molecule has 1 aliphatic carbocycles. The molecule has 73 heavy (non-hydrogen) atoms. The summed E-state index contributed by atoms with van der Waals surface area (Å²) in [7, 11) is 6.40. The average molecular weight is 977 g/mol. The minimum absolute atomic E-state index is 0.0412. The molecular formula is C63H64N2O8. The molecule has 374 valence electrons. The van der Waals surface area contributed by atoms with Crippen LogP contribution < -0.4 is 24.7 Å². The van der Waals surface area contributed by atoms with Gasteiger partial charge in [-0.25, -0.2) is 0 Å². The van der Waals surface area contributed by atoms with E-state index in [1.807, 2.05) is 182 Å². The lowest BCUT2D eigenvalue weighted by Gasteiger charge is -2.47. The molecule has 4 N–H and O–H groups in total. The number of aliphatic hydroxyl groups is 2. The topological polar surface area (TPSA) is 141 Å². The van der Waals surface area contributed by atoms with Crippen molar-refractivity contribution in [2.24, 2.45) is 11.1 Å². The van der Waals surface area contributed by atoms with Crippen molar-refractivity contribution >= 4 is 33.4 Å². The Morgan fingerprint density at radius 1 is 0.493 bits per heavy atom. The molecule has 0 radical (unpaired) electrons. The summed E-state index contributed by atoms with van der Waals surface area (Å²) in [6.07, 6.45) is 1.54. The molecule has 10 heteroatoms. The van der Waals surface area contributed by atoms with E-state index < -0.39 is 40.3 Å². The minimum atomic E-state index is -1.94. The van der Waals surface area contributed by atoms with Gasteiger partial charge in [0.25, 0.3) is 0 Å². The Morgan fingerprint density at radius 3 is 1.25 bits per heavy atom. The molecule has 0 aromatic heterocycles. The molecular weight excluding hydrogens is 913 g/mol. The van der Waals surface area contributed by atoms with E-state index >= 15 is 4.79 Å². The Morgan fingerprint density at radius 2 is 0.836 bits per heavy atom. The Bertz CT molecular complexity index is 3040. The van der Waals surface area contributed by atoms with Crippen molar-refractivity contribution in [2.75, 3.05) is 41.5 Å². The predicted octanol–water partition coefficient (Wildman–Crippen LogP) is 10.8. The largest absolute Gasteiger partial charge is 0.496 e. The van der Waals surface area contributed by atoms with Crippen LogP contribution in [0.3, 0.4) is 0 Å². The summed E-state index contributed by atoms with van der Waals surface area (Å²) in [4.78, 5) is 32.1. The number of methoxy groups -OCH3 is 4. The zero-order valence-corrected chi connectivity index (χ0v) is 42.0. The minimum Gasteiger partial charge on any atom is -0.496 e. The molecule has 0 aliphatic heterocycles. The van der Waals surface area contributed by atoms with Gasteiger partial charge in [0.15, 0.2) is 0 Å². The maximum absolute atomic E-state index is 16.4. The second-order valence-electron chi connectivity index (χ2n) is 19.5. The summed E-state index contributed by atoms with van der Waals surface area (Å²) >= 11 is 0. The molecule has 0 bridgehead atoms. The third kappa shape index (κ3) is 9.85. The average Bonchev–Trinajstić information content (AvgIpc) is 3.93. The van der Waals surface area contributed by atoms with Crippen molar-refractivity contribution in [3.63, 3.8) is 0 Å². The molecule has 1 saturated carbocycles. The number of fused-ring (bicyclic) bond motifs is 2. The Hall–Kier alpha value is -7.66. The summed E-state index contributed by atoms with van der Waals surface area (Å²) in [5.74, 6) is -0.960. The first-order valence-corrected chi connectivity index (χ1v) is 25.0. The van der Waals surface area contributed by atoms with Gasteiger partial charge in [0.05, 0.1) is 52.7 Å². The van der Waals surface area contributed by atoms with Gasteiger partial charge in [-0.1, -0.05) is 171 Å². The zero-order chi connectivity index (χ0) is 51.2. The molecule has 2 amide bonds. The highest BCUT2D eigenvalue weighted by molar-refractivity contribution is 6.05. The fourth-order valence-electron chi connectivity index (χ4n) is 11.9. The fraction of sp³-hybridized carbons (Fsp3) is 0.270. The number of benzene rings is 8. The first-order valence-electron chi connectivity index (χ1n) is 25.0. The van der Waals surface area contributed by atoms with Crippen molar-refractivity contribution in [3.05, 3.63) is 215 Å². The summed E-state index contributed by atoms with van der Waals surface area (Å²) in [6.45, 7) is -0.763. The summed E-state index contributed by atoms with van der Waals surface area (Å²) < 4.78 is 24.3. The van der Waals surface area contributed by atoms with Gasteiger partial charge in [0.1, 0.15) is 28.4 Å². The number of amides is 2. The highest BCUT2D eigenvalue weighted by Gasteiger charge is 2.54. The quantitative estimate of drug-likeness (QED) is 0.0641. The van der Waals surface area contributed by atoms with Crippen LogP contribution in [-0.2, 0) is 22.4 Å². The smallest absolute Gasteiger partial charge is 0.238 e. The maximum atomic E-state index is 16.4. The number of carbonyl (C=O) groups is 2. The maximum Gasteiger partial charge on any atom is 0.238 e. The van der Waals surface area contributed by atoms with E-state index in [1.165, 1.54) is 0 Å². The number of hydrogen-bond acceptors (Lipinski definition) is 8. The van der Waals surface area contributed by atoms with Gasteiger partial charge in [-0.2, -0.15) is 0 Å². The Kier molecular flexibility index (Phi) is 14.9. The number of ether oxygens (including phenoxy) is 4. The lowest BCUT2D eigenvalue weighted by molar-refractivity contribution is -0.156. The number of rotatable bonds is 20. The molecule has 8 aromatic rings. The van der Waals surface area contributed by atoms with Crippen LogP contribution in [0.25, 0.3) is 21.5 Å². The number of carbonyl (C=O) groups excluding carboxylic acids is 2. The van der Waals surface area contributed by atoms with Crippen LogP contribution in [0.2, 0.25) is 0 Å². The molecule has 1 fully saturated rings. The van der Waals surface area contributed by atoms with Crippen molar-refractivity contribution in [1.82, 2.24) is 4.90 Å². The number of nitrogens with two attached hydrogens (primary N) is 1.